The summed E-state index contributed by atoms with van der Waals surface area (Å²) in [5, 5.41) is 6.17. The van der Waals surface area contributed by atoms with Crippen molar-refractivity contribution < 1.29 is 9.53 Å². The van der Waals surface area contributed by atoms with Crippen LogP contribution < -0.4 is 10.6 Å². The molecular formula is C12H18ClN3O2. The van der Waals surface area contributed by atoms with Crippen LogP contribution in [0.25, 0.3) is 0 Å². The lowest BCUT2D eigenvalue weighted by atomic mass is 10.2. The van der Waals surface area contributed by atoms with Crippen molar-refractivity contribution in [2.75, 3.05) is 25.6 Å². The number of halogens is 1. The summed E-state index contributed by atoms with van der Waals surface area (Å²) < 4.78 is 4.96. The second-order valence-corrected chi connectivity index (χ2v) is 4.32. The third kappa shape index (κ3) is 4.16. The van der Waals surface area contributed by atoms with Gasteiger partial charge in [0.25, 0.3) is 5.91 Å². The molecule has 0 fully saturated rings. The Bertz CT molecular complexity index is 412. The highest BCUT2D eigenvalue weighted by molar-refractivity contribution is 6.33. The van der Waals surface area contributed by atoms with Gasteiger partial charge in [-0.25, -0.2) is 4.98 Å². The van der Waals surface area contributed by atoms with E-state index in [4.69, 9.17) is 16.3 Å². The topological polar surface area (TPSA) is 63.2 Å². The molecule has 2 N–H and O–H groups in total. The molecule has 1 rings (SSSR count). The number of methoxy groups -OCH3 is 1. The molecule has 1 atom stereocenters. The van der Waals surface area contributed by atoms with Gasteiger partial charge in [0, 0.05) is 25.9 Å². The molecule has 0 saturated carbocycles. The molecular weight excluding hydrogens is 254 g/mol. The number of hydrogen-bond acceptors (Lipinski definition) is 4. The summed E-state index contributed by atoms with van der Waals surface area (Å²) >= 11 is 5.97. The Morgan fingerprint density at radius 2 is 2.33 bits per heavy atom. The quantitative estimate of drug-likeness (QED) is 0.830. The molecule has 5 nitrogen and oxygen atoms in total. The molecule has 0 bridgehead atoms. The maximum absolute atomic E-state index is 12.0. The predicted molar refractivity (Wildman–Crippen MR) is 72.2 cm³/mol. The molecule has 1 unspecified atom stereocenters. The van der Waals surface area contributed by atoms with E-state index in [1.54, 1.807) is 13.2 Å². The number of aromatic nitrogens is 1. The highest BCUT2D eigenvalue weighted by atomic mass is 35.5. The van der Waals surface area contributed by atoms with Gasteiger partial charge in [0.2, 0.25) is 0 Å². The monoisotopic (exact) mass is 271 g/mol. The minimum atomic E-state index is -0.230. The predicted octanol–water partition coefficient (Wildman–Crippen LogP) is 1.93. The van der Waals surface area contributed by atoms with Crippen LogP contribution in [0.2, 0.25) is 5.02 Å². The lowest BCUT2D eigenvalue weighted by molar-refractivity contribution is 0.0905. The summed E-state index contributed by atoms with van der Waals surface area (Å²) in [5.41, 5.74) is 0.408. The standard InChI is InChI=1S/C12H18ClN3O2/c1-4-14-11-5-9(10(13)6-15-11)12(17)16-8(2)7-18-3/h5-6,8H,4,7H2,1-3H3,(H,14,15)(H,16,17). The van der Waals surface area contributed by atoms with E-state index in [0.29, 0.717) is 23.0 Å². The number of rotatable bonds is 6. The molecule has 0 aliphatic rings. The van der Waals surface area contributed by atoms with E-state index >= 15 is 0 Å². The third-order valence-corrected chi connectivity index (χ3v) is 2.55. The summed E-state index contributed by atoms with van der Waals surface area (Å²) in [7, 11) is 1.59. The average molecular weight is 272 g/mol. The molecule has 0 spiro atoms. The number of pyridine rings is 1. The second-order valence-electron chi connectivity index (χ2n) is 3.91. The zero-order valence-corrected chi connectivity index (χ0v) is 11.5. The van der Waals surface area contributed by atoms with Crippen LogP contribution in [-0.4, -0.2) is 37.2 Å². The number of anilines is 1. The number of carbonyl (C=O) groups is 1. The van der Waals surface area contributed by atoms with Gasteiger partial charge in [0.15, 0.2) is 0 Å². The Kier molecular flexibility index (Phi) is 5.88. The summed E-state index contributed by atoms with van der Waals surface area (Å²) in [6.45, 7) is 5.00. The summed E-state index contributed by atoms with van der Waals surface area (Å²) in [6.07, 6.45) is 1.47. The molecule has 1 aromatic rings. The third-order valence-electron chi connectivity index (χ3n) is 2.25. The fraction of sp³-hybridized carbons (Fsp3) is 0.500. The molecule has 0 aliphatic carbocycles. The molecule has 6 heteroatoms. The van der Waals surface area contributed by atoms with E-state index < -0.39 is 0 Å². The highest BCUT2D eigenvalue weighted by Crippen LogP contribution is 2.18. The van der Waals surface area contributed by atoms with Crippen molar-refractivity contribution in [3.05, 3.63) is 22.8 Å². The van der Waals surface area contributed by atoms with Gasteiger partial charge < -0.3 is 15.4 Å². The van der Waals surface area contributed by atoms with Crippen LogP contribution in [0.4, 0.5) is 5.82 Å². The summed E-state index contributed by atoms with van der Waals surface area (Å²) in [5.74, 6) is 0.401. The molecule has 0 aromatic carbocycles. The van der Waals surface area contributed by atoms with Crippen LogP contribution in [0, 0.1) is 0 Å². The Morgan fingerprint density at radius 1 is 1.61 bits per heavy atom. The minimum absolute atomic E-state index is 0.0747. The number of hydrogen-bond donors (Lipinski definition) is 2. The van der Waals surface area contributed by atoms with Crippen molar-refractivity contribution in [3.8, 4) is 0 Å². The van der Waals surface area contributed by atoms with Gasteiger partial charge in [-0.15, -0.1) is 0 Å². The maximum atomic E-state index is 12.0. The summed E-state index contributed by atoms with van der Waals surface area (Å²) in [4.78, 5) is 16.1. The number of ether oxygens (including phenoxy) is 1. The van der Waals surface area contributed by atoms with E-state index in [9.17, 15) is 4.79 Å². The Hall–Kier alpha value is -1.33. The van der Waals surface area contributed by atoms with E-state index in [-0.39, 0.29) is 11.9 Å². The molecule has 1 amide bonds. The largest absolute Gasteiger partial charge is 0.383 e. The first-order valence-corrected chi connectivity index (χ1v) is 6.15. The maximum Gasteiger partial charge on any atom is 0.253 e. The van der Waals surface area contributed by atoms with Gasteiger partial charge in [-0.3, -0.25) is 4.79 Å². The van der Waals surface area contributed by atoms with Crippen molar-refractivity contribution in [1.29, 1.82) is 0 Å². The van der Waals surface area contributed by atoms with Crippen LogP contribution in [0.5, 0.6) is 0 Å². The fourth-order valence-electron chi connectivity index (χ4n) is 1.48. The lowest BCUT2D eigenvalue weighted by Crippen LogP contribution is -2.35. The molecule has 1 heterocycles. The van der Waals surface area contributed by atoms with Crippen LogP contribution in [0.3, 0.4) is 0 Å². The smallest absolute Gasteiger partial charge is 0.253 e. The molecule has 1 aromatic heterocycles. The molecule has 0 saturated heterocycles. The number of amides is 1. The number of nitrogens with one attached hydrogen (secondary N) is 2. The fourth-order valence-corrected chi connectivity index (χ4v) is 1.67. The van der Waals surface area contributed by atoms with E-state index in [0.717, 1.165) is 6.54 Å². The number of carbonyl (C=O) groups excluding carboxylic acids is 1. The van der Waals surface area contributed by atoms with Crippen molar-refractivity contribution in [1.82, 2.24) is 10.3 Å². The van der Waals surface area contributed by atoms with Gasteiger partial charge in [-0.05, 0) is 19.9 Å². The molecule has 0 aliphatic heterocycles. The normalized spacial score (nSPS) is 12.0. The zero-order valence-electron chi connectivity index (χ0n) is 10.8. The number of nitrogens with zero attached hydrogens (tertiary/aromatic N) is 1. The van der Waals surface area contributed by atoms with Gasteiger partial charge in [-0.2, -0.15) is 0 Å². The Balaban J connectivity index is 2.80. The zero-order chi connectivity index (χ0) is 13.5. The van der Waals surface area contributed by atoms with Gasteiger partial charge in [-0.1, -0.05) is 11.6 Å². The lowest BCUT2D eigenvalue weighted by Gasteiger charge is -2.14. The Labute approximate surface area is 112 Å². The van der Waals surface area contributed by atoms with Crippen LogP contribution >= 0.6 is 11.6 Å². The highest BCUT2D eigenvalue weighted by Gasteiger charge is 2.14. The Morgan fingerprint density at radius 3 is 2.94 bits per heavy atom. The second kappa shape index (κ2) is 7.18. The van der Waals surface area contributed by atoms with E-state index in [1.807, 2.05) is 13.8 Å². The first-order chi connectivity index (χ1) is 8.58. The van der Waals surface area contributed by atoms with Crippen molar-refractivity contribution in [2.24, 2.45) is 0 Å². The van der Waals surface area contributed by atoms with Crippen molar-refractivity contribution >= 4 is 23.3 Å². The molecule has 18 heavy (non-hydrogen) atoms. The van der Waals surface area contributed by atoms with Crippen LogP contribution in [-0.2, 0) is 4.74 Å². The van der Waals surface area contributed by atoms with Gasteiger partial charge >= 0.3 is 0 Å². The van der Waals surface area contributed by atoms with Crippen LogP contribution in [0.1, 0.15) is 24.2 Å². The van der Waals surface area contributed by atoms with Gasteiger partial charge in [0.1, 0.15) is 5.82 Å². The van der Waals surface area contributed by atoms with E-state index in [2.05, 4.69) is 15.6 Å². The van der Waals surface area contributed by atoms with Crippen molar-refractivity contribution in [3.63, 3.8) is 0 Å². The van der Waals surface area contributed by atoms with E-state index in [1.165, 1.54) is 6.20 Å². The van der Waals surface area contributed by atoms with Gasteiger partial charge in [0.05, 0.1) is 17.2 Å². The average Bonchev–Trinajstić information content (AvgIpc) is 2.32. The molecule has 0 radical (unpaired) electrons. The van der Waals surface area contributed by atoms with Crippen LogP contribution in [0.15, 0.2) is 12.3 Å². The van der Waals surface area contributed by atoms with Crippen molar-refractivity contribution in [2.45, 2.75) is 19.9 Å². The summed E-state index contributed by atoms with van der Waals surface area (Å²) in [6, 6.07) is 1.56. The SMILES string of the molecule is CCNc1cc(C(=O)NC(C)COC)c(Cl)cn1. The first-order valence-electron chi connectivity index (χ1n) is 5.77. The molecule has 100 valence electrons. The first kappa shape index (κ1) is 14.7. The minimum Gasteiger partial charge on any atom is -0.383 e.